The van der Waals surface area contributed by atoms with Crippen LogP contribution >= 0.6 is 0 Å². The quantitative estimate of drug-likeness (QED) is 0.435. The van der Waals surface area contributed by atoms with Crippen LogP contribution in [0.1, 0.15) is 36.2 Å². The number of nitrogens with one attached hydrogen (secondary N) is 1. The zero-order chi connectivity index (χ0) is 26.2. The molecule has 0 unspecified atom stereocenters. The zero-order valence-electron chi connectivity index (χ0n) is 21.0. The number of anilines is 1. The lowest BCUT2D eigenvalue weighted by Gasteiger charge is -2.42. The number of hydrogen-bond donors (Lipinski definition) is 1. The molecule has 10 heteroatoms. The Bertz CT molecular complexity index is 1200. The first kappa shape index (κ1) is 25.7. The number of aromatic nitrogens is 3. The molecular formula is C27H32F4N6. The number of nitrogens with zero attached hydrogens (tertiary/aromatic N) is 5. The van der Waals surface area contributed by atoms with Crippen LogP contribution in [0.3, 0.4) is 0 Å². The van der Waals surface area contributed by atoms with Crippen LogP contribution in [0.5, 0.6) is 0 Å². The van der Waals surface area contributed by atoms with E-state index in [-0.39, 0.29) is 18.8 Å². The molecule has 2 aliphatic rings. The van der Waals surface area contributed by atoms with Crippen molar-refractivity contribution in [2.24, 2.45) is 7.05 Å². The summed E-state index contributed by atoms with van der Waals surface area (Å²) in [5.74, 6) is 0. The molecule has 6 nitrogen and oxygen atoms in total. The fourth-order valence-corrected chi connectivity index (χ4v) is 5.44. The highest BCUT2D eigenvalue weighted by Gasteiger charge is 2.41. The predicted molar refractivity (Wildman–Crippen MR) is 135 cm³/mol. The summed E-state index contributed by atoms with van der Waals surface area (Å²) in [4.78, 5) is 8.32. The molecule has 0 spiro atoms. The molecule has 198 valence electrons. The maximum absolute atomic E-state index is 13.6. The van der Waals surface area contributed by atoms with E-state index >= 15 is 0 Å². The van der Waals surface area contributed by atoms with Gasteiger partial charge >= 0.3 is 6.18 Å². The van der Waals surface area contributed by atoms with Gasteiger partial charge in [0.2, 0.25) is 0 Å². The van der Waals surface area contributed by atoms with E-state index in [1.165, 1.54) is 4.90 Å². The van der Waals surface area contributed by atoms with Gasteiger partial charge < -0.3 is 5.32 Å². The standard InChI is InChI=1S/C27H32F4N6/c1-18-12-20-13-19(24-8-11-35(2)34-24)4-6-23(20)26(37(18)17-27(29,30)31)25-7-5-21(14-32-25)33-22-15-36(16-22)10-3-9-28/h4-8,11,13-14,18,22,26,33H,3,9-10,12,15-17H2,1-2H3/t18-,26+/m1/s1. The number of halogens is 4. The fourth-order valence-electron chi connectivity index (χ4n) is 5.44. The summed E-state index contributed by atoms with van der Waals surface area (Å²) in [5, 5.41) is 7.89. The minimum Gasteiger partial charge on any atom is -0.378 e. The number of pyridine rings is 1. The molecule has 4 heterocycles. The highest BCUT2D eigenvalue weighted by Crippen LogP contribution is 2.40. The van der Waals surface area contributed by atoms with E-state index in [1.807, 2.05) is 56.6 Å². The minimum atomic E-state index is -4.32. The van der Waals surface area contributed by atoms with Gasteiger partial charge in [0.1, 0.15) is 0 Å². The second-order valence-electron chi connectivity index (χ2n) is 10.1. The minimum absolute atomic E-state index is 0.259. The van der Waals surface area contributed by atoms with Crippen molar-refractivity contribution in [2.75, 3.05) is 38.2 Å². The third kappa shape index (κ3) is 5.80. The molecule has 3 aromatic rings. The number of benzene rings is 1. The summed E-state index contributed by atoms with van der Waals surface area (Å²) in [7, 11) is 1.85. The molecule has 2 aliphatic heterocycles. The van der Waals surface area contributed by atoms with E-state index in [4.69, 9.17) is 0 Å². The topological polar surface area (TPSA) is 49.2 Å². The van der Waals surface area contributed by atoms with Crippen LogP contribution in [-0.2, 0) is 13.5 Å². The Morgan fingerprint density at radius 2 is 1.92 bits per heavy atom. The molecule has 0 amide bonds. The molecule has 2 aromatic heterocycles. The molecule has 0 radical (unpaired) electrons. The summed E-state index contributed by atoms with van der Waals surface area (Å²) in [6.07, 6.45) is 0.311. The predicted octanol–water partition coefficient (Wildman–Crippen LogP) is 4.84. The largest absolute Gasteiger partial charge is 0.401 e. The SMILES string of the molecule is C[C@@H]1Cc2cc(-c3ccn(C)n3)ccc2[C@@H](c2ccc(NC3CN(CCCF)C3)cn2)N1CC(F)(F)F. The van der Waals surface area contributed by atoms with Gasteiger partial charge in [0.05, 0.1) is 48.6 Å². The van der Waals surface area contributed by atoms with Crippen molar-refractivity contribution in [1.82, 2.24) is 24.6 Å². The van der Waals surface area contributed by atoms with Gasteiger partial charge in [0.25, 0.3) is 0 Å². The maximum Gasteiger partial charge on any atom is 0.401 e. The molecule has 1 aromatic carbocycles. The van der Waals surface area contributed by atoms with Gasteiger partial charge in [-0.2, -0.15) is 18.3 Å². The summed E-state index contributed by atoms with van der Waals surface area (Å²) >= 11 is 0. The van der Waals surface area contributed by atoms with Crippen molar-refractivity contribution in [3.8, 4) is 11.3 Å². The average molecular weight is 517 g/mol. The van der Waals surface area contributed by atoms with E-state index in [2.05, 4.69) is 20.3 Å². The number of hydrogen-bond acceptors (Lipinski definition) is 5. The van der Waals surface area contributed by atoms with Crippen molar-refractivity contribution < 1.29 is 17.6 Å². The van der Waals surface area contributed by atoms with Gasteiger partial charge in [-0.1, -0.05) is 12.1 Å². The lowest BCUT2D eigenvalue weighted by atomic mass is 9.85. The van der Waals surface area contributed by atoms with Crippen LogP contribution in [0.25, 0.3) is 11.3 Å². The maximum atomic E-state index is 13.6. The number of likely N-dealkylation sites (tertiary alicyclic amines) is 1. The second-order valence-corrected chi connectivity index (χ2v) is 10.1. The van der Waals surface area contributed by atoms with Gasteiger partial charge in [-0.15, -0.1) is 0 Å². The first-order chi connectivity index (χ1) is 17.7. The van der Waals surface area contributed by atoms with Crippen LogP contribution in [0.15, 0.2) is 48.8 Å². The molecule has 37 heavy (non-hydrogen) atoms. The highest BCUT2D eigenvalue weighted by atomic mass is 19.4. The Hall–Kier alpha value is -2.98. The highest BCUT2D eigenvalue weighted by molar-refractivity contribution is 5.62. The van der Waals surface area contributed by atoms with Crippen molar-refractivity contribution in [3.63, 3.8) is 0 Å². The molecule has 0 saturated carbocycles. The average Bonchev–Trinajstić information content (AvgIpc) is 3.26. The Morgan fingerprint density at radius 3 is 2.57 bits per heavy atom. The fraction of sp³-hybridized carbons (Fsp3) is 0.481. The molecule has 2 atom stereocenters. The third-order valence-corrected chi connectivity index (χ3v) is 7.22. The van der Waals surface area contributed by atoms with Gasteiger partial charge in [-0.3, -0.25) is 23.9 Å². The van der Waals surface area contributed by atoms with Crippen LogP contribution in [0, 0.1) is 0 Å². The molecular weight excluding hydrogens is 484 g/mol. The van der Waals surface area contributed by atoms with Crippen LogP contribution in [0.4, 0.5) is 23.2 Å². The van der Waals surface area contributed by atoms with Crippen molar-refractivity contribution in [2.45, 2.75) is 44.1 Å². The van der Waals surface area contributed by atoms with Gasteiger partial charge in [0, 0.05) is 44.5 Å². The van der Waals surface area contributed by atoms with E-state index < -0.39 is 18.8 Å². The zero-order valence-corrected chi connectivity index (χ0v) is 21.0. The Morgan fingerprint density at radius 1 is 1.11 bits per heavy atom. The molecule has 5 rings (SSSR count). The monoisotopic (exact) mass is 516 g/mol. The van der Waals surface area contributed by atoms with Gasteiger partial charge in [0.15, 0.2) is 0 Å². The lowest BCUT2D eigenvalue weighted by molar-refractivity contribution is -0.155. The van der Waals surface area contributed by atoms with Crippen LogP contribution in [-0.4, -0.2) is 75.7 Å². The normalized spacial score (nSPS) is 21.0. The molecule has 0 aliphatic carbocycles. The molecule has 0 bridgehead atoms. The van der Waals surface area contributed by atoms with E-state index in [1.54, 1.807) is 10.9 Å². The second kappa shape index (κ2) is 10.4. The number of alkyl halides is 4. The Balaban J connectivity index is 1.40. The van der Waals surface area contributed by atoms with E-state index in [0.29, 0.717) is 18.5 Å². The van der Waals surface area contributed by atoms with Crippen molar-refractivity contribution in [1.29, 1.82) is 0 Å². The summed E-state index contributed by atoms with van der Waals surface area (Å²) in [5.41, 5.74) is 5.06. The number of fused-ring (bicyclic) bond motifs is 1. The van der Waals surface area contributed by atoms with Gasteiger partial charge in [-0.05, 0) is 55.2 Å². The first-order valence-electron chi connectivity index (χ1n) is 12.7. The van der Waals surface area contributed by atoms with Crippen LogP contribution in [0.2, 0.25) is 0 Å². The third-order valence-electron chi connectivity index (χ3n) is 7.22. The summed E-state index contributed by atoms with van der Waals surface area (Å²) < 4.78 is 55.0. The van der Waals surface area contributed by atoms with E-state index in [9.17, 15) is 17.6 Å². The van der Waals surface area contributed by atoms with E-state index in [0.717, 1.165) is 47.7 Å². The number of aryl methyl sites for hydroxylation is 1. The van der Waals surface area contributed by atoms with Crippen LogP contribution < -0.4 is 5.32 Å². The van der Waals surface area contributed by atoms with Gasteiger partial charge in [-0.25, -0.2) is 0 Å². The molecule has 1 N–H and O–H groups in total. The molecule has 1 saturated heterocycles. The lowest BCUT2D eigenvalue weighted by Crippen LogP contribution is -2.54. The van der Waals surface area contributed by atoms with Crippen molar-refractivity contribution in [3.05, 3.63) is 65.6 Å². The Labute approximate surface area is 214 Å². The Kier molecular flexibility index (Phi) is 7.22. The first-order valence-corrected chi connectivity index (χ1v) is 12.7. The van der Waals surface area contributed by atoms with Crippen molar-refractivity contribution >= 4 is 5.69 Å². The summed E-state index contributed by atoms with van der Waals surface area (Å²) in [6.45, 7) is 2.97. The summed E-state index contributed by atoms with van der Waals surface area (Å²) in [6, 6.07) is 10.9. The molecule has 1 fully saturated rings. The smallest absolute Gasteiger partial charge is 0.378 e. The number of rotatable bonds is 8.